The number of hydrogen-bond donors (Lipinski definition) is 2. The molecule has 126 valence electrons. The van der Waals surface area contributed by atoms with E-state index >= 15 is 0 Å². The molecule has 1 aliphatic carbocycles. The molecule has 1 saturated carbocycles. The monoisotopic (exact) mass is 322 g/mol. The van der Waals surface area contributed by atoms with Crippen molar-refractivity contribution >= 4 is 17.8 Å². The minimum Gasteiger partial charge on any atom is -0.459 e. The van der Waals surface area contributed by atoms with Gasteiger partial charge in [0.05, 0.1) is 6.26 Å². The molecule has 1 aliphatic rings. The number of amides is 2. The quantitative estimate of drug-likeness (QED) is 0.768. The van der Waals surface area contributed by atoms with Crippen LogP contribution in [0.25, 0.3) is 0 Å². The van der Waals surface area contributed by atoms with Crippen molar-refractivity contribution in [2.45, 2.75) is 38.6 Å². The zero-order valence-electron chi connectivity index (χ0n) is 13.2. The maximum atomic E-state index is 11.8. The molecule has 0 spiro atoms. The van der Waals surface area contributed by atoms with E-state index in [1.165, 1.54) is 18.8 Å². The first kappa shape index (κ1) is 17.1. The Kier molecular flexibility index (Phi) is 6.19. The number of carbonyl (C=O) groups is 3. The fourth-order valence-corrected chi connectivity index (χ4v) is 2.62. The van der Waals surface area contributed by atoms with Crippen molar-refractivity contribution in [3.8, 4) is 0 Å². The van der Waals surface area contributed by atoms with Crippen LogP contribution in [0.4, 0.5) is 0 Å². The topological polar surface area (TPSA) is 97.6 Å². The van der Waals surface area contributed by atoms with E-state index in [0.717, 1.165) is 19.3 Å². The van der Waals surface area contributed by atoms with Gasteiger partial charge in [-0.3, -0.25) is 14.4 Å². The van der Waals surface area contributed by atoms with Gasteiger partial charge in [0.1, 0.15) is 6.54 Å². The zero-order chi connectivity index (χ0) is 16.7. The fraction of sp³-hybridized carbons (Fsp3) is 0.562. The number of ether oxygens (including phenoxy) is 1. The molecule has 1 aromatic heterocycles. The molecule has 1 heterocycles. The first-order valence-electron chi connectivity index (χ1n) is 7.83. The second-order valence-electron chi connectivity index (χ2n) is 5.76. The SMILES string of the molecule is C[C@H]1CCCC[C@@H]1NC(=O)COC(=O)CNC(=O)c1ccco1. The first-order valence-corrected chi connectivity index (χ1v) is 7.83. The van der Waals surface area contributed by atoms with Gasteiger partial charge in [0, 0.05) is 6.04 Å². The van der Waals surface area contributed by atoms with Crippen LogP contribution < -0.4 is 10.6 Å². The Bertz CT molecular complexity index is 541. The molecule has 2 amide bonds. The smallest absolute Gasteiger partial charge is 0.325 e. The van der Waals surface area contributed by atoms with E-state index in [1.807, 2.05) is 0 Å². The van der Waals surface area contributed by atoms with Gasteiger partial charge in [0.15, 0.2) is 12.4 Å². The number of carbonyl (C=O) groups excluding carboxylic acids is 3. The summed E-state index contributed by atoms with van der Waals surface area (Å²) in [5, 5.41) is 5.25. The Hall–Kier alpha value is -2.31. The summed E-state index contributed by atoms with van der Waals surface area (Å²) in [7, 11) is 0. The normalized spacial score (nSPS) is 20.6. The average Bonchev–Trinajstić information content (AvgIpc) is 3.07. The third kappa shape index (κ3) is 5.43. The predicted molar refractivity (Wildman–Crippen MR) is 81.6 cm³/mol. The van der Waals surface area contributed by atoms with Crippen LogP contribution in [0, 0.1) is 5.92 Å². The highest BCUT2D eigenvalue weighted by Crippen LogP contribution is 2.23. The maximum absolute atomic E-state index is 11.8. The van der Waals surface area contributed by atoms with Crippen molar-refractivity contribution in [3.05, 3.63) is 24.2 Å². The maximum Gasteiger partial charge on any atom is 0.325 e. The van der Waals surface area contributed by atoms with Crippen LogP contribution in [0.1, 0.15) is 43.2 Å². The molecule has 2 atom stereocenters. The van der Waals surface area contributed by atoms with Crippen molar-refractivity contribution in [1.82, 2.24) is 10.6 Å². The van der Waals surface area contributed by atoms with Crippen LogP contribution in [-0.2, 0) is 14.3 Å². The fourth-order valence-electron chi connectivity index (χ4n) is 2.62. The Balaban J connectivity index is 1.63. The molecule has 2 rings (SSSR count). The zero-order valence-corrected chi connectivity index (χ0v) is 13.2. The average molecular weight is 322 g/mol. The molecule has 1 aromatic rings. The van der Waals surface area contributed by atoms with Crippen LogP contribution >= 0.6 is 0 Å². The number of rotatable bonds is 6. The number of hydrogen-bond acceptors (Lipinski definition) is 5. The van der Waals surface area contributed by atoms with E-state index in [9.17, 15) is 14.4 Å². The molecule has 7 heteroatoms. The van der Waals surface area contributed by atoms with Gasteiger partial charge in [0.25, 0.3) is 11.8 Å². The lowest BCUT2D eigenvalue weighted by molar-refractivity contribution is -0.147. The molecular weight excluding hydrogens is 300 g/mol. The summed E-state index contributed by atoms with van der Waals surface area (Å²) >= 11 is 0. The van der Waals surface area contributed by atoms with Gasteiger partial charge in [0.2, 0.25) is 0 Å². The minimum absolute atomic E-state index is 0.113. The third-order valence-electron chi connectivity index (χ3n) is 3.96. The summed E-state index contributed by atoms with van der Waals surface area (Å²) in [6.45, 7) is 1.46. The summed E-state index contributed by atoms with van der Waals surface area (Å²) in [5.74, 6) is -0.934. The van der Waals surface area contributed by atoms with E-state index in [4.69, 9.17) is 9.15 Å². The minimum atomic E-state index is -0.670. The molecule has 1 fully saturated rings. The van der Waals surface area contributed by atoms with Gasteiger partial charge in [-0.1, -0.05) is 19.8 Å². The lowest BCUT2D eigenvalue weighted by atomic mass is 9.86. The van der Waals surface area contributed by atoms with Crippen LogP contribution in [0.3, 0.4) is 0 Å². The lowest BCUT2D eigenvalue weighted by Crippen LogP contribution is -2.43. The van der Waals surface area contributed by atoms with Crippen molar-refractivity contribution in [1.29, 1.82) is 0 Å². The van der Waals surface area contributed by atoms with E-state index in [2.05, 4.69) is 17.6 Å². The summed E-state index contributed by atoms with van der Waals surface area (Å²) in [6, 6.07) is 3.21. The van der Waals surface area contributed by atoms with Crippen LogP contribution in [0.15, 0.2) is 22.8 Å². The summed E-state index contributed by atoms with van der Waals surface area (Å²) in [4.78, 5) is 34.9. The summed E-state index contributed by atoms with van der Waals surface area (Å²) < 4.78 is 9.74. The van der Waals surface area contributed by atoms with Gasteiger partial charge in [-0.25, -0.2) is 0 Å². The van der Waals surface area contributed by atoms with Gasteiger partial charge in [-0.05, 0) is 30.9 Å². The molecule has 2 N–H and O–H groups in total. The number of furan rings is 1. The van der Waals surface area contributed by atoms with Crippen LogP contribution in [-0.4, -0.2) is 37.0 Å². The van der Waals surface area contributed by atoms with Crippen molar-refractivity contribution in [3.63, 3.8) is 0 Å². The molecule has 7 nitrogen and oxygen atoms in total. The highest BCUT2D eigenvalue weighted by atomic mass is 16.5. The second-order valence-corrected chi connectivity index (χ2v) is 5.76. The Labute approximate surface area is 134 Å². The van der Waals surface area contributed by atoms with E-state index < -0.39 is 11.9 Å². The molecule has 0 saturated heterocycles. The van der Waals surface area contributed by atoms with Gasteiger partial charge < -0.3 is 19.8 Å². The second kappa shape index (κ2) is 8.36. The molecule has 0 aliphatic heterocycles. The third-order valence-corrected chi connectivity index (χ3v) is 3.96. The molecule has 0 bridgehead atoms. The molecule has 0 radical (unpaired) electrons. The van der Waals surface area contributed by atoms with Gasteiger partial charge in [-0.2, -0.15) is 0 Å². The standard InChI is InChI=1S/C16H22N2O5/c1-11-5-2-3-6-12(11)18-14(19)10-23-15(20)9-17-16(21)13-7-4-8-22-13/h4,7-8,11-12H,2-3,5-6,9-10H2,1H3,(H,17,21)(H,18,19)/t11-,12-/m0/s1. The summed E-state index contributed by atoms with van der Waals surface area (Å²) in [6.07, 6.45) is 5.72. The molecular formula is C16H22N2O5. The highest BCUT2D eigenvalue weighted by molar-refractivity contribution is 5.93. The molecule has 23 heavy (non-hydrogen) atoms. The first-order chi connectivity index (χ1) is 11.1. The Morgan fingerprint density at radius 3 is 2.78 bits per heavy atom. The number of nitrogens with one attached hydrogen (secondary N) is 2. The van der Waals surface area contributed by atoms with E-state index in [-0.39, 0.29) is 30.9 Å². The Morgan fingerprint density at radius 2 is 2.09 bits per heavy atom. The molecule has 0 unspecified atom stereocenters. The van der Waals surface area contributed by atoms with Gasteiger partial charge in [-0.15, -0.1) is 0 Å². The van der Waals surface area contributed by atoms with E-state index in [1.54, 1.807) is 6.07 Å². The predicted octanol–water partition coefficient (Wildman–Crippen LogP) is 1.25. The summed E-state index contributed by atoms with van der Waals surface area (Å²) in [5.41, 5.74) is 0. The van der Waals surface area contributed by atoms with Crippen LogP contribution in [0.5, 0.6) is 0 Å². The van der Waals surface area contributed by atoms with E-state index in [0.29, 0.717) is 5.92 Å². The van der Waals surface area contributed by atoms with Crippen molar-refractivity contribution in [2.75, 3.05) is 13.2 Å². The van der Waals surface area contributed by atoms with Crippen molar-refractivity contribution < 1.29 is 23.5 Å². The van der Waals surface area contributed by atoms with Crippen molar-refractivity contribution in [2.24, 2.45) is 5.92 Å². The Morgan fingerprint density at radius 1 is 1.30 bits per heavy atom. The molecule has 0 aromatic carbocycles. The highest BCUT2D eigenvalue weighted by Gasteiger charge is 2.23. The van der Waals surface area contributed by atoms with Crippen LogP contribution in [0.2, 0.25) is 0 Å². The van der Waals surface area contributed by atoms with Gasteiger partial charge >= 0.3 is 5.97 Å². The largest absolute Gasteiger partial charge is 0.459 e. The number of esters is 1. The lowest BCUT2D eigenvalue weighted by Gasteiger charge is -2.29.